The van der Waals surface area contributed by atoms with Crippen LogP contribution in [0.1, 0.15) is 68.3 Å². The molecular weight excluding hydrogens is 380 g/mol. The first-order valence-corrected chi connectivity index (χ1v) is 12.0. The van der Waals surface area contributed by atoms with Gasteiger partial charge in [-0.2, -0.15) is 0 Å². The van der Waals surface area contributed by atoms with E-state index >= 15 is 0 Å². The van der Waals surface area contributed by atoms with Crippen LogP contribution in [0.2, 0.25) is 0 Å². The Balaban J connectivity index is 1.60. The van der Waals surface area contributed by atoms with E-state index in [1.54, 1.807) is 0 Å². The lowest BCUT2D eigenvalue weighted by Crippen LogP contribution is -2.38. The van der Waals surface area contributed by atoms with E-state index in [0.29, 0.717) is 5.92 Å². The van der Waals surface area contributed by atoms with Gasteiger partial charge < -0.3 is 10.3 Å². The van der Waals surface area contributed by atoms with Crippen LogP contribution < -0.4 is 10.7 Å². The molecule has 1 aromatic carbocycles. The standard InChI is InChI=1S/C27H40N4/c1-5-6-7-8-17-29-31-20-25-19-23(15-16-24(25)18-21(2)22(31)3)11-9-12-26-13-10-14-27(28-4)30-26/h10,13-16,19,21,29H,3,5-9,11-12,17-18,20H2,1-2,4H3,(H,28,30)/t21-/m1/s1. The molecule has 1 aliphatic rings. The minimum absolute atomic E-state index is 0.459. The van der Waals surface area contributed by atoms with E-state index in [2.05, 4.69) is 71.5 Å². The highest BCUT2D eigenvalue weighted by atomic mass is 15.5. The average Bonchev–Trinajstić information content (AvgIpc) is 2.90. The second-order valence-electron chi connectivity index (χ2n) is 8.87. The molecule has 0 bridgehead atoms. The van der Waals surface area contributed by atoms with E-state index in [1.165, 1.54) is 48.1 Å². The SMILES string of the molecule is C=C1[C@H](C)Cc2ccc(CCCc3cccc(NC)n3)cc2CN1NCCCCCC. The van der Waals surface area contributed by atoms with Gasteiger partial charge in [0.15, 0.2) is 0 Å². The maximum atomic E-state index is 4.64. The second-order valence-corrected chi connectivity index (χ2v) is 8.87. The quantitative estimate of drug-likeness (QED) is 0.445. The van der Waals surface area contributed by atoms with E-state index in [4.69, 9.17) is 0 Å². The zero-order chi connectivity index (χ0) is 22.1. The fourth-order valence-electron chi connectivity index (χ4n) is 4.32. The number of unbranched alkanes of at least 4 members (excludes halogenated alkanes) is 3. The molecule has 0 aliphatic carbocycles. The predicted molar refractivity (Wildman–Crippen MR) is 132 cm³/mol. The minimum Gasteiger partial charge on any atom is -0.373 e. The van der Waals surface area contributed by atoms with Crippen molar-refractivity contribution in [1.29, 1.82) is 0 Å². The number of rotatable bonds is 11. The summed E-state index contributed by atoms with van der Waals surface area (Å²) in [4.78, 5) is 4.64. The molecule has 168 valence electrons. The number of fused-ring (bicyclic) bond motifs is 1. The summed E-state index contributed by atoms with van der Waals surface area (Å²) in [5.74, 6) is 1.40. The molecule has 1 aliphatic heterocycles. The lowest BCUT2D eigenvalue weighted by atomic mass is 9.94. The van der Waals surface area contributed by atoms with Crippen LogP contribution in [0.5, 0.6) is 0 Å². The molecule has 2 aromatic rings. The molecule has 1 aromatic heterocycles. The number of pyridine rings is 1. The largest absolute Gasteiger partial charge is 0.373 e. The molecule has 0 saturated carbocycles. The van der Waals surface area contributed by atoms with Crippen molar-refractivity contribution in [2.24, 2.45) is 5.92 Å². The first-order chi connectivity index (χ1) is 15.1. The number of nitrogens with one attached hydrogen (secondary N) is 2. The number of hydrogen-bond acceptors (Lipinski definition) is 4. The molecule has 2 N–H and O–H groups in total. The van der Waals surface area contributed by atoms with Gasteiger partial charge >= 0.3 is 0 Å². The van der Waals surface area contributed by atoms with Crippen LogP contribution in [0.3, 0.4) is 0 Å². The molecule has 1 atom stereocenters. The summed E-state index contributed by atoms with van der Waals surface area (Å²) in [5, 5.41) is 5.43. The molecule has 2 heterocycles. The highest BCUT2D eigenvalue weighted by Crippen LogP contribution is 2.28. The number of nitrogens with zero attached hydrogens (tertiary/aromatic N) is 2. The van der Waals surface area contributed by atoms with Gasteiger partial charge in [-0.3, -0.25) is 0 Å². The van der Waals surface area contributed by atoms with Crippen LogP contribution in [0.25, 0.3) is 0 Å². The van der Waals surface area contributed by atoms with E-state index in [1.807, 2.05) is 13.1 Å². The Hall–Kier alpha value is -2.33. The summed E-state index contributed by atoms with van der Waals surface area (Å²) in [7, 11) is 1.92. The second kappa shape index (κ2) is 11.9. The Morgan fingerprint density at radius 1 is 1.06 bits per heavy atom. The normalized spacial score (nSPS) is 16.2. The fraction of sp³-hybridized carbons (Fsp3) is 0.519. The summed E-state index contributed by atoms with van der Waals surface area (Å²) < 4.78 is 0. The third kappa shape index (κ3) is 6.83. The van der Waals surface area contributed by atoms with Gasteiger partial charge in [0.2, 0.25) is 0 Å². The molecular formula is C27H40N4. The van der Waals surface area contributed by atoms with Crippen molar-refractivity contribution in [2.45, 2.75) is 71.8 Å². The molecule has 3 rings (SSSR count). The van der Waals surface area contributed by atoms with E-state index in [0.717, 1.165) is 50.3 Å². The van der Waals surface area contributed by atoms with Crippen molar-refractivity contribution in [3.63, 3.8) is 0 Å². The van der Waals surface area contributed by atoms with Crippen molar-refractivity contribution in [2.75, 3.05) is 18.9 Å². The molecule has 0 spiro atoms. The molecule has 0 radical (unpaired) electrons. The molecule has 0 unspecified atom stereocenters. The first kappa shape index (κ1) is 23.3. The Kier molecular flexibility index (Phi) is 8.96. The summed E-state index contributed by atoms with van der Waals surface area (Å²) in [6.07, 6.45) is 9.39. The van der Waals surface area contributed by atoms with E-state index < -0.39 is 0 Å². The van der Waals surface area contributed by atoms with Crippen molar-refractivity contribution in [3.8, 4) is 0 Å². The highest BCUT2D eigenvalue weighted by Gasteiger charge is 2.22. The van der Waals surface area contributed by atoms with Gasteiger partial charge in [-0.15, -0.1) is 0 Å². The molecule has 31 heavy (non-hydrogen) atoms. The maximum Gasteiger partial charge on any atom is 0.125 e. The summed E-state index contributed by atoms with van der Waals surface area (Å²) in [6.45, 7) is 10.9. The number of anilines is 1. The molecule has 0 fully saturated rings. The van der Waals surface area contributed by atoms with Crippen LogP contribution in [-0.4, -0.2) is 23.6 Å². The third-order valence-corrected chi connectivity index (χ3v) is 6.34. The lowest BCUT2D eigenvalue weighted by Gasteiger charge is -2.28. The zero-order valence-corrected chi connectivity index (χ0v) is 19.7. The van der Waals surface area contributed by atoms with Crippen LogP contribution in [-0.2, 0) is 25.8 Å². The Morgan fingerprint density at radius 2 is 1.94 bits per heavy atom. The Labute approximate surface area is 189 Å². The monoisotopic (exact) mass is 420 g/mol. The van der Waals surface area contributed by atoms with Crippen molar-refractivity contribution in [1.82, 2.24) is 15.4 Å². The van der Waals surface area contributed by atoms with Crippen molar-refractivity contribution < 1.29 is 0 Å². The molecule has 4 nitrogen and oxygen atoms in total. The zero-order valence-electron chi connectivity index (χ0n) is 19.7. The number of aromatic nitrogens is 1. The summed E-state index contributed by atoms with van der Waals surface area (Å²) in [6, 6.07) is 13.3. The fourth-order valence-corrected chi connectivity index (χ4v) is 4.32. The third-order valence-electron chi connectivity index (χ3n) is 6.34. The van der Waals surface area contributed by atoms with Gasteiger partial charge in [0.05, 0.1) is 6.54 Å². The van der Waals surface area contributed by atoms with Gasteiger partial charge in [-0.05, 0) is 60.9 Å². The Morgan fingerprint density at radius 3 is 2.74 bits per heavy atom. The summed E-state index contributed by atoms with van der Waals surface area (Å²) >= 11 is 0. The number of benzene rings is 1. The molecule has 4 heteroatoms. The van der Waals surface area contributed by atoms with Gasteiger partial charge in [0, 0.05) is 30.9 Å². The lowest BCUT2D eigenvalue weighted by molar-refractivity contribution is 0.217. The van der Waals surface area contributed by atoms with E-state index in [9.17, 15) is 0 Å². The number of allylic oxidation sites excluding steroid dienone is 1. The predicted octanol–water partition coefficient (Wildman–Crippen LogP) is 5.89. The maximum absolute atomic E-state index is 4.64. The summed E-state index contributed by atoms with van der Waals surface area (Å²) in [5.41, 5.74) is 10.4. The van der Waals surface area contributed by atoms with Crippen LogP contribution in [0.15, 0.2) is 48.7 Å². The van der Waals surface area contributed by atoms with Gasteiger partial charge in [0.1, 0.15) is 5.82 Å². The Bertz CT molecular complexity index is 845. The smallest absolute Gasteiger partial charge is 0.125 e. The number of hydrogen-bond donors (Lipinski definition) is 2. The first-order valence-electron chi connectivity index (χ1n) is 12.0. The van der Waals surface area contributed by atoms with Crippen LogP contribution in [0.4, 0.5) is 5.82 Å². The van der Waals surface area contributed by atoms with Gasteiger partial charge in [-0.1, -0.05) is 64.0 Å². The molecule has 0 amide bonds. The minimum atomic E-state index is 0.459. The number of hydrazine groups is 1. The van der Waals surface area contributed by atoms with Crippen molar-refractivity contribution >= 4 is 5.82 Å². The average molecular weight is 421 g/mol. The van der Waals surface area contributed by atoms with E-state index in [-0.39, 0.29) is 0 Å². The van der Waals surface area contributed by atoms with Crippen LogP contribution in [0, 0.1) is 5.92 Å². The van der Waals surface area contributed by atoms with Crippen LogP contribution >= 0.6 is 0 Å². The van der Waals surface area contributed by atoms with Crippen molar-refractivity contribution in [3.05, 3.63) is 71.1 Å². The number of aryl methyl sites for hydroxylation is 2. The van der Waals surface area contributed by atoms with Gasteiger partial charge in [0.25, 0.3) is 0 Å². The topological polar surface area (TPSA) is 40.2 Å². The highest BCUT2D eigenvalue weighted by molar-refractivity contribution is 5.36. The molecule has 0 saturated heterocycles. The van der Waals surface area contributed by atoms with Gasteiger partial charge in [-0.25, -0.2) is 10.4 Å².